The molecule has 0 saturated heterocycles. The first-order chi connectivity index (χ1) is 12.4. The number of hydrogen-bond donors (Lipinski definition) is 1. The Morgan fingerprint density at radius 2 is 1.88 bits per heavy atom. The van der Waals surface area contributed by atoms with Crippen molar-refractivity contribution in [3.8, 4) is 11.5 Å². The molecule has 1 heterocycles. The zero-order valence-electron chi connectivity index (χ0n) is 14.5. The number of carbonyl (C=O) groups excluding carboxylic acids is 1. The summed E-state index contributed by atoms with van der Waals surface area (Å²) in [7, 11) is 3.11. The molecule has 1 N–H and O–H groups in total. The maximum Gasteiger partial charge on any atom is 0.227 e. The Morgan fingerprint density at radius 1 is 1.19 bits per heavy atom. The number of aliphatic hydroxyl groups excluding tert-OH is 1. The largest absolute Gasteiger partial charge is 0.496 e. The van der Waals surface area contributed by atoms with E-state index in [1.54, 1.807) is 49.5 Å². The fourth-order valence-corrected chi connectivity index (χ4v) is 3.60. The number of benzene rings is 2. The monoisotopic (exact) mass is 395 g/mol. The molecular formula is C19H19Cl2NO4. The van der Waals surface area contributed by atoms with E-state index in [1.165, 1.54) is 0 Å². The molecule has 26 heavy (non-hydrogen) atoms. The summed E-state index contributed by atoms with van der Waals surface area (Å²) in [6, 6.07) is 8.55. The summed E-state index contributed by atoms with van der Waals surface area (Å²) in [6.45, 7) is 0.497. The van der Waals surface area contributed by atoms with E-state index in [9.17, 15) is 9.90 Å². The van der Waals surface area contributed by atoms with E-state index in [0.717, 1.165) is 5.56 Å². The second-order valence-electron chi connectivity index (χ2n) is 6.06. The van der Waals surface area contributed by atoms with Gasteiger partial charge in [0.25, 0.3) is 0 Å². The summed E-state index contributed by atoms with van der Waals surface area (Å²) in [5, 5.41) is 11.6. The SMILES string of the molecule is COc1ccc(OC)c2c1CN(C(=O)Cc1cc(Cl)ccc1Cl)C[C@H]2O. The Kier molecular flexibility index (Phi) is 5.61. The van der Waals surface area contributed by atoms with Crippen LogP contribution in [0.5, 0.6) is 11.5 Å². The Bertz CT molecular complexity index is 841. The first-order valence-electron chi connectivity index (χ1n) is 8.08. The lowest BCUT2D eigenvalue weighted by Gasteiger charge is -2.34. The van der Waals surface area contributed by atoms with Crippen LogP contribution in [0, 0.1) is 0 Å². The van der Waals surface area contributed by atoms with Gasteiger partial charge in [-0.25, -0.2) is 0 Å². The van der Waals surface area contributed by atoms with Gasteiger partial charge in [0, 0.05) is 27.7 Å². The summed E-state index contributed by atoms with van der Waals surface area (Å²) in [5.74, 6) is 1.04. The number of ether oxygens (including phenoxy) is 2. The minimum absolute atomic E-state index is 0.105. The molecule has 0 bridgehead atoms. The molecule has 0 saturated carbocycles. The van der Waals surface area contributed by atoms with Crippen molar-refractivity contribution in [2.45, 2.75) is 19.1 Å². The molecule has 0 unspecified atom stereocenters. The van der Waals surface area contributed by atoms with Crippen molar-refractivity contribution < 1.29 is 19.4 Å². The van der Waals surface area contributed by atoms with E-state index < -0.39 is 6.10 Å². The molecule has 1 atom stereocenters. The van der Waals surface area contributed by atoms with Crippen molar-refractivity contribution in [2.75, 3.05) is 20.8 Å². The molecule has 5 nitrogen and oxygen atoms in total. The quantitative estimate of drug-likeness (QED) is 0.858. The molecule has 0 fully saturated rings. The first kappa shape index (κ1) is 18.8. The zero-order valence-corrected chi connectivity index (χ0v) is 16.0. The lowest BCUT2D eigenvalue weighted by molar-refractivity contribution is -0.133. The average Bonchev–Trinajstić information content (AvgIpc) is 2.63. The van der Waals surface area contributed by atoms with Crippen LogP contribution in [-0.4, -0.2) is 36.7 Å². The molecule has 7 heteroatoms. The number of halogens is 2. The highest BCUT2D eigenvalue weighted by atomic mass is 35.5. The van der Waals surface area contributed by atoms with Gasteiger partial charge in [-0.15, -0.1) is 0 Å². The highest BCUT2D eigenvalue weighted by Crippen LogP contribution is 2.39. The van der Waals surface area contributed by atoms with Crippen molar-refractivity contribution in [3.63, 3.8) is 0 Å². The van der Waals surface area contributed by atoms with E-state index in [4.69, 9.17) is 32.7 Å². The first-order valence-corrected chi connectivity index (χ1v) is 8.83. The third-order valence-electron chi connectivity index (χ3n) is 4.49. The summed E-state index contributed by atoms with van der Waals surface area (Å²) in [5.41, 5.74) is 2.06. The van der Waals surface area contributed by atoms with Gasteiger partial charge in [-0.1, -0.05) is 23.2 Å². The number of fused-ring (bicyclic) bond motifs is 1. The van der Waals surface area contributed by atoms with Gasteiger partial charge in [-0.2, -0.15) is 0 Å². The van der Waals surface area contributed by atoms with Crippen molar-refractivity contribution in [3.05, 3.63) is 57.1 Å². The van der Waals surface area contributed by atoms with Gasteiger partial charge in [0.2, 0.25) is 5.91 Å². The second-order valence-corrected chi connectivity index (χ2v) is 6.91. The van der Waals surface area contributed by atoms with Crippen LogP contribution in [0.25, 0.3) is 0 Å². The molecule has 3 rings (SSSR count). The zero-order chi connectivity index (χ0) is 18.8. The Hall–Kier alpha value is -1.95. The van der Waals surface area contributed by atoms with Gasteiger partial charge in [0.15, 0.2) is 0 Å². The van der Waals surface area contributed by atoms with Crippen molar-refractivity contribution in [1.82, 2.24) is 4.90 Å². The Balaban J connectivity index is 1.88. The van der Waals surface area contributed by atoms with Crippen LogP contribution in [0.2, 0.25) is 10.0 Å². The van der Waals surface area contributed by atoms with Crippen LogP contribution in [0.1, 0.15) is 22.8 Å². The van der Waals surface area contributed by atoms with Crippen LogP contribution in [0.3, 0.4) is 0 Å². The molecule has 0 spiro atoms. The molecule has 0 aliphatic carbocycles. The summed E-state index contributed by atoms with van der Waals surface area (Å²) in [4.78, 5) is 14.4. The summed E-state index contributed by atoms with van der Waals surface area (Å²) in [6.07, 6.45) is -0.754. The normalized spacial score (nSPS) is 16.2. The molecule has 1 amide bonds. The Labute approximate surface area is 162 Å². The molecule has 1 aliphatic rings. The van der Waals surface area contributed by atoms with Gasteiger partial charge >= 0.3 is 0 Å². The molecule has 138 valence electrons. The second kappa shape index (κ2) is 7.74. The van der Waals surface area contributed by atoms with E-state index in [1.807, 2.05) is 0 Å². The predicted molar refractivity (Wildman–Crippen MR) is 100 cm³/mol. The van der Waals surface area contributed by atoms with Crippen LogP contribution < -0.4 is 9.47 Å². The minimum Gasteiger partial charge on any atom is -0.496 e. The third kappa shape index (κ3) is 3.61. The number of methoxy groups -OCH3 is 2. The number of rotatable bonds is 4. The number of hydrogen-bond acceptors (Lipinski definition) is 4. The molecule has 1 aliphatic heterocycles. The highest BCUT2D eigenvalue weighted by Gasteiger charge is 2.32. The fourth-order valence-electron chi connectivity index (χ4n) is 3.22. The highest BCUT2D eigenvalue weighted by molar-refractivity contribution is 6.33. The third-order valence-corrected chi connectivity index (χ3v) is 5.10. The van der Waals surface area contributed by atoms with Gasteiger partial charge in [-0.05, 0) is 35.9 Å². The maximum absolute atomic E-state index is 12.8. The number of carbonyl (C=O) groups is 1. The van der Waals surface area contributed by atoms with Gasteiger partial charge in [-0.3, -0.25) is 4.79 Å². The number of nitrogens with zero attached hydrogens (tertiary/aromatic N) is 1. The van der Waals surface area contributed by atoms with Crippen molar-refractivity contribution in [2.24, 2.45) is 0 Å². The predicted octanol–water partition coefficient (Wildman–Crippen LogP) is 3.63. The van der Waals surface area contributed by atoms with E-state index >= 15 is 0 Å². The molecule has 2 aromatic rings. The number of amides is 1. The lowest BCUT2D eigenvalue weighted by Crippen LogP contribution is -2.39. The average molecular weight is 396 g/mol. The van der Waals surface area contributed by atoms with Crippen LogP contribution in [0.4, 0.5) is 0 Å². The van der Waals surface area contributed by atoms with E-state index in [2.05, 4.69) is 0 Å². The summed E-state index contributed by atoms with van der Waals surface area (Å²) < 4.78 is 10.8. The topological polar surface area (TPSA) is 59.0 Å². The van der Waals surface area contributed by atoms with Gasteiger partial charge in [0.05, 0.1) is 27.2 Å². The van der Waals surface area contributed by atoms with Crippen LogP contribution >= 0.6 is 23.2 Å². The maximum atomic E-state index is 12.8. The van der Waals surface area contributed by atoms with Crippen molar-refractivity contribution in [1.29, 1.82) is 0 Å². The van der Waals surface area contributed by atoms with E-state index in [-0.39, 0.29) is 18.9 Å². The molecule has 0 aromatic heterocycles. The van der Waals surface area contributed by atoms with Gasteiger partial charge in [0.1, 0.15) is 17.6 Å². The molecule has 0 radical (unpaired) electrons. The fraction of sp³-hybridized carbons (Fsp3) is 0.316. The van der Waals surface area contributed by atoms with Crippen LogP contribution in [-0.2, 0) is 17.8 Å². The van der Waals surface area contributed by atoms with Crippen LogP contribution in [0.15, 0.2) is 30.3 Å². The Morgan fingerprint density at radius 3 is 2.58 bits per heavy atom. The molecular weight excluding hydrogens is 377 g/mol. The molecule has 2 aromatic carbocycles. The summed E-state index contributed by atoms with van der Waals surface area (Å²) >= 11 is 12.2. The van der Waals surface area contributed by atoms with E-state index in [0.29, 0.717) is 39.2 Å². The van der Waals surface area contributed by atoms with Gasteiger partial charge < -0.3 is 19.5 Å². The minimum atomic E-state index is -0.859. The standard InChI is InChI=1S/C19H19Cl2NO4/c1-25-16-5-6-17(26-2)19-13(16)9-22(10-15(19)23)18(24)8-11-7-12(20)3-4-14(11)21/h3-7,15,23H,8-10H2,1-2H3/t15-/m1/s1. The smallest absolute Gasteiger partial charge is 0.227 e. The van der Waals surface area contributed by atoms with Crippen molar-refractivity contribution >= 4 is 29.1 Å². The number of aliphatic hydroxyl groups is 1. The lowest BCUT2D eigenvalue weighted by atomic mass is 9.94. The number of β-amino-alcohol motifs (C(OH)–C–C–N with tert-alkyl or cyclic N) is 1.